The summed E-state index contributed by atoms with van der Waals surface area (Å²) in [5.74, 6) is 2.87. The second-order valence-electron chi connectivity index (χ2n) is 5.93. The lowest BCUT2D eigenvalue weighted by Gasteiger charge is -2.16. The van der Waals surface area contributed by atoms with Crippen LogP contribution in [0.15, 0.2) is 0 Å². The van der Waals surface area contributed by atoms with Crippen LogP contribution in [0.25, 0.3) is 0 Å². The molecule has 3 nitrogen and oxygen atoms in total. The number of nitrogens with zero attached hydrogens (tertiary/aromatic N) is 2. The molecule has 104 valence electrons. The highest BCUT2D eigenvalue weighted by Gasteiger charge is 2.23. The van der Waals surface area contributed by atoms with Crippen LogP contribution in [0.1, 0.15) is 74.9 Å². The zero-order valence-electron chi connectivity index (χ0n) is 12.0. The van der Waals surface area contributed by atoms with E-state index >= 15 is 0 Å². The van der Waals surface area contributed by atoms with Crippen LogP contribution in [0.4, 0.5) is 5.82 Å². The van der Waals surface area contributed by atoms with Gasteiger partial charge >= 0.3 is 0 Å². The maximum absolute atomic E-state index is 4.95. The number of fused-ring (bicyclic) bond motifs is 1. The predicted molar refractivity (Wildman–Crippen MR) is 78.7 cm³/mol. The molecule has 19 heavy (non-hydrogen) atoms. The van der Waals surface area contributed by atoms with Crippen LogP contribution in [0.3, 0.4) is 0 Å². The molecule has 2 aliphatic rings. The summed E-state index contributed by atoms with van der Waals surface area (Å²) in [4.78, 5) is 9.82. The molecule has 0 amide bonds. The Hall–Kier alpha value is -1.12. The summed E-state index contributed by atoms with van der Waals surface area (Å²) in [5.41, 5.74) is 2.74. The van der Waals surface area contributed by atoms with Crippen molar-refractivity contribution in [3.63, 3.8) is 0 Å². The van der Waals surface area contributed by atoms with Crippen molar-refractivity contribution in [3.05, 3.63) is 17.1 Å². The summed E-state index contributed by atoms with van der Waals surface area (Å²) in [5, 5.41) is 3.48. The number of aromatic nitrogens is 2. The molecule has 1 saturated carbocycles. The van der Waals surface area contributed by atoms with Gasteiger partial charge in [-0.05, 0) is 45.4 Å². The first-order chi connectivity index (χ1) is 9.38. The summed E-state index contributed by atoms with van der Waals surface area (Å²) in [6.07, 6.45) is 11.5. The molecule has 1 aromatic heterocycles. The van der Waals surface area contributed by atoms with E-state index in [1.807, 2.05) is 0 Å². The molecule has 2 aliphatic carbocycles. The second-order valence-corrected chi connectivity index (χ2v) is 5.93. The number of anilines is 1. The van der Waals surface area contributed by atoms with Crippen LogP contribution in [0.2, 0.25) is 0 Å². The highest BCUT2D eigenvalue weighted by molar-refractivity contribution is 5.47. The van der Waals surface area contributed by atoms with Gasteiger partial charge in [0, 0.05) is 23.7 Å². The van der Waals surface area contributed by atoms with Crippen molar-refractivity contribution in [1.29, 1.82) is 0 Å². The van der Waals surface area contributed by atoms with Gasteiger partial charge in [-0.1, -0.05) is 19.3 Å². The van der Waals surface area contributed by atoms with Crippen molar-refractivity contribution in [1.82, 2.24) is 9.97 Å². The van der Waals surface area contributed by atoms with Gasteiger partial charge in [0.15, 0.2) is 0 Å². The molecule has 0 spiro atoms. The lowest BCUT2D eigenvalue weighted by atomic mass is 10.0. The number of hydrogen-bond donors (Lipinski definition) is 1. The van der Waals surface area contributed by atoms with E-state index in [0.717, 1.165) is 31.0 Å². The molecule has 1 fully saturated rings. The van der Waals surface area contributed by atoms with Crippen molar-refractivity contribution < 1.29 is 0 Å². The van der Waals surface area contributed by atoms with E-state index < -0.39 is 0 Å². The highest BCUT2D eigenvalue weighted by atomic mass is 15.0. The SMILES string of the molecule is CCNc1nc(C2CCCC2)nc2c1CCCCC2. The normalized spacial score (nSPS) is 20.1. The van der Waals surface area contributed by atoms with Crippen LogP contribution in [0.5, 0.6) is 0 Å². The maximum atomic E-state index is 4.95. The molecule has 1 aromatic rings. The van der Waals surface area contributed by atoms with Gasteiger partial charge in [0.1, 0.15) is 11.6 Å². The topological polar surface area (TPSA) is 37.8 Å². The van der Waals surface area contributed by atoms with Crippen LogP contribution < -0.4 is 5.32 Å². The molecule has 1 N–H and O–H groups in total. The monoisotopic (exact) mass is 259 g/mol. The average Bonchev–Trinajstić information content (AvgIpc) is 2.85. The second kappa shape index (κ2) is 5.89. The third-order valence-corrected chi connectivity index (χ3v) is 4.51. The molecule has 0 aliphatic heterocycles. The summed E-state index contributed by atoms with van der Waals surface area (Å²) < 4.78 is 0. The van der Waals surface area contributed by atoms with Gasteiger partial charge in [-0.15, -0.1) is 0 Å². The minimum Gasteiger partial charge on any atom is -0.370 e. The lowest BCUT2D eigenvalue weighted by Crippen LogP contribution is -2.12. The van der Waals surface area contributed by atoms with Gasteiger partial charge in [0.2, 0.25) is 0 Å². The number of rotatable bonds is 3. The molecule has 0 bridgehead atoms. The number of hydrogen-bond acceptors (Lipinski definition) is 3. The largest absolute Gasteiger partial charge is 0.370 e. The molecular formula is C16H25N3. The molecule has 0 atom stereocenters. The van der Waals surface area contributed by atoms with Gasteiger partial charge in [-0.2, -0.15) is 0 Å². The fourth-order valence-electron chi connectivity index (χ4n) is 3.47. The Balaban J connectivity index is 1.97. The van der Waals surface area contributed by atoms with Gasteiger partial charge < -0.3 is 5.32 Å². The van der Waals surface area contributed by atoms with Crippen LogP contribution >= 0.6 is 0 Å². The average molecular weight is 259 g/mol. The van der Waals surface area contributed by atoms with Crippen LogP contribution in [-0.2, 0) is 12.8 Å². The first-order valence-electron chi connectivity index (χ1n) is 8.02. The van der Waals surface area contributed by atoms with Crippen molar-refractivity contribution in [2.75, 3.05) is 11.9 Å². The Kier molecular flexibility index (Phi) is 4.00. The highest BCUT2D eigenvalue weighted by Crippen LogP contribution is 2.34. The van der Waals surface area contributed by atoms with Crippen LogP contribution in [0, 0.1) is 0 Å². The van der Waals surface area contributed by atoms with Crippen molar-refractivity contribution >= 4 is 5.82 Å². The first-order valence-corrected chi connectivity index (χ1v) is 8.02. The van der Waals surface area contributed by atoms with E-state index in [1.165, 1.54) is 56.2 Å². The van der Waals surface area contributed by atoms with E-state index in [-0.39, 0.29) is 0 Å². The Bertz CT molecular complexity index is 436. The van der Waals surface area contributed by atoms with Crippen LogP contribution in [-0.4, -0.2) is 16.5 Å². The molecule has 0 saturated heterocycles. The fourth-order valence-corrected chi connectivity index (χ4v) is 3.47. The Morgan fingerprint density at radius 3 is 2.58 bits per heavy atom. The third kappa shape index (κ3) is 2.75. The van der Waals surface area contributed by atoms with E-state index in [1.54, 1.807) is 0 Å². The zero-order valence-corrected chi connectivity index (χ0v) is 12.0. The van der Waals surface area contributed by atoms with E-state index in [2.05, 4.69) is 12.2 Å². The summed E-state index contributed by atoms with van der Waals surface area (Å²) in [6, 6.07) is 0. The first kappa shape index (κ1) is 12.9. The molecule has 0 aromatic carbocycles. The molecule has 3 rings (SSSR count). The minimum absolute atomic E-state index is 0.617. The number of aryl methyl sites for hydroxylation is 1. The van der Waals surface area contributed by atoms with E-state index in [9.17, 15) is 0 Å². The van der Waals surface area contributed by atoms with Crippen molar-refractivity contribution in [2.24, 2.45) is 0 Å². The molecule has 1 heterocycles. The van der Waals surface area contributed by atoms with Crippen molar-refractivity contribution in [2.45, 2.75) is 70.6 Å². The van der Waals surface area contributed by atoms with E-state index in [4.69, 9.17) is 9.97 Å². The maximum Gasteiger partial charge on any atom is 0.134 e. The molecule has 0 unspecified atom stereocenters. The van der Waals surface area contributed by atoms with Gasteiger partial charge in [0.25, 0.3) is 0 Å². The lowest BCUT2D eigenvalue weighted by molar-refractivity contribution is 0.656. The van der Waals surface area contributed by atoms with Gasteiger partial charge in [0.05, 0.1) is 0 Å². The minimum atomic E-state index is 0.617. The quantitative estimate of drug-likeness (QED) is 0.838. The van der Waals surface area contributed by atoms with Gasteiger partial charge in [-0.25, -0.2) is 9.97 Å². The smallest absolute Gasteiger partial charge is 0.134 e. The molecule has 0 radical (unpaired) electrons. The van der Waals surface area contributed by atoms with Gasteiger partial charge in [-0.3, -0.25) is 0 Å². The Morgan fingerprint density at radius 1 is 1.00 bits per heavy atom. The van der Waals surface area contributed by atoms with Crippen molar-refractivity contribution in [3.8, 4) is 0 Å². The summed E-state index contributed by atoms with van der Waals surface area (Å²) >= 11 is 0. The Labute approximate surface area is 116 Å². The zero-order chi connectivity index (χ0) is 13.1. The molecular weight excluding hydrogens is 234 g/mol. The predicted octanol–water partition coefficient (Wildman–Crippen LogP) is 3.83. The standard InChI is InChI=1S/C16H25N3/c1-2-17-16-13-10-4-3-5-11-14(13)18-15(19-16)12-8-6-7-9-12/h12H,2-11H2,1H3,(H,17,18,19). The summed E-state index contributed by atoms with van der Waals surface area (Å²) in [7, 11) is 0. The van der Waals surface area contributed by atoms with E-state index in [0.29, 0.717) is 5.92 Å². The Morgan fingerprint density at radius 2 is 1.79 bits per heavy atom. The molecule has 3 heteroatoms. The third-order valence-electron chi connectivity index (χ3n) is 4.51. The fraction of sp³-hybridized carbons (Fsp3) is 0.750. The number of nitrogens with one attached hydrogen (secondary N) is 1. The summed E-state index contributed by atoms with van der Waals surface area (Å²) in [6.45, 7) is 3.11.